The molecule has 0 spiro atoms. The van der Waals surface area contributed by atoms with Crippen molar-refractivity contribution in [3.05, 3.63) is 46.8 Å². The molecule has 3 rings (SSSR count). The standard InChI is InChI=1S/C17H21N5OS/c1-11-7-4-5-9-13(11)22-14-10-6-8-12(14)15(19-22)16(23)20-21(3)17(24)18-2/h4-5,7,9H,6,8,10H2,1-3H3,(H,18,24)(H,20,23). The van der Waals surface area contributed by atoms with Crippen LogP contribution in [0.5, 0.6) is 0 Å². The summed E-state index contributed by atoms with van der Waals surface area (Å²) in [5.74, 6) is -0.236. The number of hydrogen-bond donors (Lipinski definition) is 2. The SMILES string of the molecule is CNC(=S)N(C)NC(=O)c1nn(-c2ccccc2C)c2c1CCC2. The molecule has 1 aromatic heterocycles. The Kier molecular flexibility index (Phi) is 4.53. The van der Waals surface area contributed by atoms with Crippen molar-refractivity contribution in [3.8, 4) is 5.69 Å². The molecular weight excluding hydrogens is 322 g/mol. The molecule has 1 aliphatic carbocycles. The van der Waals surface area contributed by atoms with E-state index in [0.717, 1.165) is 41.8 Å². The Morgan fingerprint density at radius 1 is 1.33 bits per heavy atom. The van der Waals surface area contributed by atoms with Crippen LogP contribution < -0.4 is 10.7 Å². The van der Waals surface area contributed by atoms with Crippen molar-refractivity contribution >= 4 is 23.2 Å². The molecule has 0 fully saturated rings. The van der Waals surface area contributed by atoms with E-state index in [4.69, 9.17) is 12.2 Å². The highest BCUT2D eigenvalue weighted by molar-refractivity contribution is 7.80. The number of aromatic nitrogens is 2. The highest BCUT2D eigenvalue weighted by Gasteiger charge is 2.27. The molecule has 0 bridgehead atoms. The molecule has 0 atom stereocenters. The minimum Gasteiger partial charge on any atom is -0.364 e. The van der Waals surface area contributed by atoms with Crippen LogP contribution in [0.25, 0.3) is 5.69 Å². The fourth-order valence-corrected chi connectivity index (χ4v) is 3.09. The summed E-state index contributed by atoms with van der Waals surface area (Å²) in [4.78, 5) is 12.6. The lowest BCUT2D eigenvalue weighted by Crippen LogP contribution is -2.47. The third-order valence-electron chi connectivity index (χ3n) is 4.28. The predicted octanol–water partition coefficient (Wildman–Crippen LogP) is 1.75. The van der Waals surface area contributed by atoms with E-state index >= 15 is 0 Å². The topological polar surface area (TPSA) is 62.2 Å². The van der Waals surface area contributed by atoms with Crippen molar-refractivity contribution in [3.63, 3.8) is 0 Å². The number of nitrogens with one attached hydrogen (secondary N) is 2. The van der Waals surface area contributed by atoms with Crippen molar-refractivity contribution in [1.82, 2.24) is 25.5 Å². The Balaban J connectivity index is 1.96. The van der Waals surface area contributed by atoms with Gasteiger partial charge in [-0.2, -0.15) is 5.10 Å². The monoisotopic (exact) mass is 343 g/mol. The van der Waals surface area contributed by atoms with Gasteiger partial charge in [0.1, 0.15) is 0 Å². The number of hydrazine groups is 1. The van der Waals surface area contributed by atoms with Crippen molar-refractivity contribution in [2.45, 2.75) is 26.2 Å². The van der Waals surface area contributed by atoms with Gasteiger partial charge >= 0.3 is 0 Å². The molecule has 0 unspecified atom stereocenters. The number of benzene rings is 1. The Labute approximate surface area is 146 Å². The minimum absolute atomic E-state index is 0.236. The molecule has 1 aromatic carbocycles. The number of para-hydroxylation sites is 1. The first-order valence-electron chi connectivity index (χ1n) is 7.96. The molecule has 2 aromatic rings. The van der Waals surface area contributed by atoms with Gasteiger partial charge in [-0.3, -0.25) is 15.2 Å². The number of thiocarbonyl (C=S) groups is 1. The number of rotatable bonds is 2. The molecule has 0 aliphatic heterocycles. The van der Waals surface area contributed by atoms with Gasteiger partial charge in [-0.25, -0.2) is 4.68 Å². The molecule has 7 heteroatoms. The summed E-state index contributed by atoms with van der Waals surface area (Å²) in [6, 6.07) is 8.08. The summed E-state index contributed by atoms with van der Waals surface area (Å²) in [5.41, 5.74) is 7.58. The molecule has 0 saturated heterocycles. The maximum atomic E-state index is 12.6. The van der Waals surface area contributed by atoms with Crippen LogP contribution >= 0.6 is 12.2 Å². The average molecular weight is 343 g/mol. The fourth-order valence-electron chi connectivity index (χ4n) is 3.04. The van der Waals surface area contributed by atoms with E-state index in [0.29, 0.717) is 10.8 Å². The maximum absolute atomic E-state index is 12.6. The minimum atomic E-state index is -0.236. The quantitative estimate of drug-likeness (QED) is 0.643. The molecular formula is C17H21N5OS. The Morgan fingerprint density at radius 2 is 2.08 bits per heavy atom. The van der Waals surface area contributed by atoms with Crippen molar-refractivity contribution in [2.24, 2.45) is 0 Å². The molecule has 126 valence electrons. The third kappa shape index (κ3) is 2.87. The number of aryl methyl sites for hydroxylation is 1. The van der Waals surface area contributed by atoms with Crippen LogP contribution in [-0.4, -0.2) is 39.9 Å². The van der Waals surface area contributed by atoms with Gasteiger partial charge in [0.25, 0.3) is 5.91 Å². The van der Waals surface area contributed by atoms with Crippen LogP contribution in [0.2, 0.25) is 0 Å². The molecule has 1 amide bonds. The van der Waals surface area contributed by atoms with Gasteiger partial charge in [-0.1, -0.05) is 18.2 Å². The van der Waals surface area contributed by atoms with E-state index in [-0.39, 0.29) is 5.91 Å². The first-order valence-corrected chi connectivity index (χ1v) is 8.37. The first-order chi connectivity index (χ1) is 11.5. The number of amides is 1. The van der Waals surface area contributed by atoms with Gasteiger partial charge in [0.05, 0.1) is 5.69 Å². The zero-order chi connectivity index (χ0) is 17.3. The molecule has 6 nitrogen and oxygen atoms in total. The van der Waals surface area contributed by atoms with Gasteiger partial charge < -0.3 is 5.32 Å². The van der Waals surface area contributed by atoms with Gasteiger partial charge in [0.2, 0.25) is 0 Å². The lowest BCUT2D eigenvalue weighted by Gasteiger charge is -2.19. The average Bonchev–Trinajstić information content (AvgIpc) is 3.17. The summed E-state index contributed by atoms with van der Waals surface area (Å²) in [6.45, 7) is 2.05. The Hall–Kier alpha value is -2.41. The predicted molar refractivity (Wildman–Crippen MR) is 97.2 cm³/mol. The Bertz CT molecular complexity index is 798. The highest BCUT2D eigenvalue weighted by Crippen LogP contribution is 2.28. The number of fused-ring (bicyclic) bond motifs is 1. The molecule has 24 heavy (non-hydrogen) atoms. The van der Waals surface area contributed by atoms with Gasteiger partial charge in [0, 0.05) is 25.4 Å². The van der Waals surface area contributed by atoms with Gasteiger partial charge in [-0.05, 0) is 50.0 Å². The number of carbonyl (C=O) groups excluding carboxylic acids is 1. The van der Waals surface area contributed by atoms with Crippen LogP contribution in [0, 0.1) is 6.92 Å². The van der Waals surface area contributed by atoms with Gasteiger partial charge in [-0.15, -0.1) is 0 Å². The summed E-state index contributed by atoms with van der Waals surface area (Å²) >= 11 is 5.12. The van der Waals surface area contributed by atoms with Crippen LogP contribution in [0.1, 0.15) is 33.7 Å². The number of carbonyl (C=O) groups is 1. The lowest BCUT2D eigenvalue weighted by molar-refractivity contribution is 0.0880. The van der Waals surface area contributed by atoms with Crippen molar-refractivity contribution in [1.29, 1.82) is 0 Å². The van der Waals surface area contributed by atoms with E-state index in [1.807, 2.05) is 22.9 Å². The lowest BCUT2D eigenvalue weighted by atomic mass is 10.2. The summed E-state index contributed by atoms with van der Waals surface area (Å²) < 4.78 is 1.92. The van der Waals surface area contributed by atoms with Gasteiger partial charge in [0.15, 0.2) is 10.8 Å². The third-order valence-corrected chi connectivity index (χ3v) is 4.75. The van der Waals surface area contributed by atoms with E-state index in [1.54, 1.807) is 14.1 Å². The van der Waals surface area contributed by atoms with Crippen molar-refractivity contribution < 1.29 is 4.79 Å². The van der Waals surface area contributed by atoms with Crippen molar-refractivity contribution in [2.75, 3.05) is 14.1 Å². The Morgan fingerprint density at radius 3 is 2.79 bits per heavy atom. The zero-order valence-electron chi connectivity index (χ0n) is 14.1. The first kappa shape index (κ1) is 16.4. The molecule has 1 aliphatic rings. The van der Waals surface area contributed by atoms with E-state index < -0.39 is 0 Å². The van der Waals surface area contributed by atoms with E-state index in [9.17, 15) is 4.79 Å². The molecule has 0 saturated carbocycles. The fraction of sp³-hybridized carbons (Fsp3) is 0.353. The smallest absolute Gasteiger partial charge is 0.290 e. The molecule has 1 heterocycles. The largest absolute Gasteiger partial charge is 0.364 e. The second-order valence-electron chi connectivity index (χ2n) is 5.88. The zero-order valence-corrected chi connectivity index (χ0v) is 14.9. The number of nitrogens with zero attached hydrogens (tertiary/aromatic N) is 3. The van der Waals surface area contributed by atoms with Crippen LogP contribution in [-0.2, 0) is 12.8 Å². The highest BCUT2D eigenvalue weighted by atomic mass is 32.1. The normalized spacial score (nSPS) is 12.6. The summed E-state index contributed by atoms with van der Waals surface area (Å²) in [7, 11) is 3.42. The molecule has 0 radical (unpaired) electrons. The molecule has 2 N–H and O–H groups in total. The van der Waals surface area contributed by atoms with Crippen LogP contribution in [0.4, 0.5) is 0 Å². The van der Waals surface area contributed by atoms with Crippen LogP contribution in [0.15, 0.2) is 24.3 Å². The second-order valence-corrected chi connectivity index (χ2v) is 6.27. The maximum Gasteiger partial charge on any atom is 0.290 e. The number of hydrogen-bond acceptors (Lipinski definition) is 3. The second kappa shape index (κ2) is 6.60. The summed E-state index contributed by atoms with van der Waals surface area (Å²) in [5, 5.41) is 9.38. The van der Waals surface area contributed by atoms with E-state index in [2.05, 4.69) is 28.8 Å². The van der Waals surface area contributed by atoms with E-state index in [1.165, 1.54) is 5.01 Å². The van der Waals surface area contributed by atoms with Crippen LogP contribution in [0.3, 0.4) is 0 Å². The summed E-state index contributed by atoms with van der Waals surface area (Å²) in [6.07, 6.45) is 2.86.